The third kappa shape index (κ3) is 4.03. The maximum atomic E-state index is 12.6. The zero-order chi connectivity index (χ0) is 19.7. The van der Waals surface area contributed by atoms with E-state index in [0.717, 1.165) is 10.2 Å². The zero-order valence-corrected chi connectivity index (χ0v) is 17.0. The van der Waals surface area contributed by atoms with Gasteiger partial charge in [0.15, 0.2) is 5.13 Å². The van der Waals surface area contributed by atoms with Gasteiger partial charge in [-0.1, -0.05) is 29.0 Å². The van der Waals surface area contributed by atoms with Crippen molar-refractivity contribution in [3.63, 3.8) is 0 Å². The summed E-state index contributed by atoms with van der Waals surface area (Å²) in [6, 6.07) is 13.0. The van der Waals surface area contributed by atoms with Crippen molar-refractivity contribution in [3.8, 4) is 0 Å². The third-order valence-electron chi connectivity index (χ3n) is 5.02. The number of carbonyl (C=O) groups excluding carboxylic acids is 2. The molecule has 2 heterocycles. The maximum Gasteiger partial charge on any atom is 0.253 e. The predicted octanol–water partition coefficient (Wildman–Crippen LogP) is 4.75. The van der Waals surface area contributed by atoms with Crippen LogP contribution in [0.2, 0.25) is 5.02 Å². The molecule has 0 spiro atoms. The summed E-state index contributed by atoms with van der Waals surface area (Å²) in [6.45, 7) is 3.17. The van der Waals surface area contributed by atoms with E-state index in [1.165, 1.54) is 16.9 Å². The van der Waals surface area contributed by atoms with Gasteiger partial charge in [-0.2, -0.15) is 0 Å². The summed E-state index contributed by atoms with van der Waals surface area (Å²) in [5.41, 5.74) is 2.69. The molecule has 1 aliphatic heterocycles. The minimum absolute atomic E-state index is 0.0166. The molecular weight excluding hydrogens is 394 g/mol. The molecule has 1 aliphatic rings. The van der Waals surface area contributed by atoms with Crippen LogP contribution in [-0.2, 0) is 4.79 Å². The molecule has 0 saturated carbocycles. The maximum absolute atomic E-state index is 12.6. The summed E-state index contributed by atoms with van der Waals surface area (Å²) in [5.74, 6) is -0.144. The number of nitrogens with zero attached hydrogens (tertiary/aromatic N) is 2. The second-order valence-electron chi connectivity index (χ2n) is 7.05. The van der Waals surface area contributed by atoms with Gasteiger partial charge in [-0.25, -0.2) is 4.98 Å². The SMILES string of the molecule is Cc1ccc2nc(NC(=O)C3CCN(C(=O)c4ccc(Cl)cc4)CC3)sc2c1. The summed E-state index contributed by atoms with van der Waals surface area (Å²) in [4.78, 5) is 31.5. The van der Waals surface area contributed by atoms with Gasteiger partial charge < -0.3 is 10.2 Å². The molecule has 3 aromatic rings. The third-order valence-corrected chi connectivity index (χ3v) is 6.20. The number of hydrogen-bond acceptors (Lipinski definition) is 4. The molecule has 1 N–H and O–H groups in total. The Morgan fingerprint density at radius 2 is 1.86 bits per heavy atom. The van der Waals surface area contributed by atoms with E-state index in [4.69, 9.17) is 11.6 Å². The highest BCUT2D eigenvalue weighted by Crippen LogP contribution is 2.28. The number of benzene rings is 2. The van der Waals surface area contributed by atoms with Gasteiger partial charge in [0.1, 0.15) is 0 Å². The van der Waals surface area contributed by atoms with Crippen molar-refractivity contribution in [1.82, 2.24) is 9.88 Å². The fourth-order valence-electron chi connectivity index (χ4n) is 3.41. The van der Waals surface area contributed by atoms with Crippen molar-refractivity contribution in [1.29, 1.82) is 0 Å². The Labute approximate surface area is 172 Å². The summed E-state index contributed by atoms with van der Waals surface area (Å²) in [6.07, 6.45) is 1.30. The Morgan fingerprint density at radius 1 is 1.14 bits per heavy atom. The fourth-order valence-corrected chi connectivity index (χ4v) is 4.51. The number of aryl methyl sites for hydroxylation is 1. The molecule has 28 heavy (non-hydrogen) atoms. The number of hydrogen-bond donors (Lipinski definition) is 1. The topological polar surface area (TPSA) is 62.3 Å². The molecule has 4 rings (SSSR count). The average molecular weight is 414 g/mol. The van der Waals surface area contributed by atoms with Crippen LogP contribution in [0.4, 0.5) is 5.13 Å². The Hall–Kier alpha value is -2.44. The van der Waals surface area contributed by atoms with Crippen LogP contribution < -0.4 is 5.32 Å². The van der Waals surface area contributed by atoms with E-state index in [1.807, 2.05) is 19.1 Å². The van der Waals surface area contributed by atoms with Crippen molar-refractivity contribution in [3.05, 3.63) is 58.6 Å². The van der Waals surface area contributed by atoms with Crippen LogP contribution in [0, 0.1) is 12.8 Å². The van der Waals surface area contributed by atoms with E-state index in [9.17, 15) is 9.59 Å². The molecule has 0 aliphatic carbocycles. The summed E-state index contributed by atoms with van der Waals surface area (Å²) < 4.78 is 1.07. The highest BCUT2D eigenvalue weighted by Gasteiger charge is 2.28. The first-order chi connectivity index (χ1) is 13.5. The van der Waals surface area contributed by atoms with E-state index < -0.39 is 0 Å². The van der Waals surface area contributed by atoms with Gasteiger partial charge in [0, 0.05) is 29.6 Å². The number of thiazole rings is 1. The number of anilines is 1. The van der Waals surface area contributed by atoms with Crippen LogP contribution in [0.25, 0.3) is 10.2 Å². The number of fused-ring (bicyclic) bond motifs is 1. The fraction of sp³-hybridized carbons (Fsp3) is 0.286. The summed E-state index contributed by atoms with van der Waals surface area (Å²) in [7, 11) is 0. The molecule has 0 bridgehead atoms. The highest BCUT2D eigenvalue weighted by molar-refractivity contribution is 7.22. The van der Waals surface area contributed by atoms with E-state index in [-0.39, 0.29) is 17.7 Å². The standard InChI is InChI=1S/C21H20ClN3O2S/c1-13-2-7-17-18(12-13)28-21(23-17)24-19(26)14-8-10-25(11-9-14)20(27)15-3-5-16(22)6-4-15/h2-7,12,14H,8-11H2,1H3,(H,23,24,26). The molecule has 2 aromatic carbocycles. The largest absolute Gasteiger partial charge is 0.339 e. The summed E-state index contributed by atoms with van der Waals surface area (Å²) >= 11 is 7.37. The molecule has 0 radical (unpaired) electrons. The van der Waals surface area contributed by atoms with E-state index in [1.54, 1.807) is 29.2 Å². The van der Waals surface area contributed by atoms with Crippen LogP contribution in [-0.4, -0.2) is 34.8 Å². The molecule has 144 valence electrons. The minimum atomic E-state index is -0.108. The van der Waals surface area contributed by atoms with Gasteiger partial charge in [-0.3, -0.25) is 9.59 Å². The molecule has 5 nitrogen and oxygen atoms in total. The van der Waals surface area contributed by atoms with Crippen LogP contribution in [0.5, 0.6) is 0 Å². The lowest BCUT2D eigenvalue weighted by molar-refractivity contribution is -0.121. The Bertz CT molecular complexity index is 1020. The van der Waals surface area contributed by atoms with Crippen molar-refractivity contribution in [2.45, 2.75) is 19.8 Å². The van der Waals surface area contributed by atoms with Gasteiger partial charge in [-0.15, -0.1) is 0 Å². The van der Waals surface area contributed by atoms with Crippen molar-refractivity contribution >= 4 is 50.1 Å². The lowest BCUT2D eigenvalue weighted by Crippen LogP contribution is -2.41. The first kappa shape index (κ1) is 18.9. The van der Waals surface area contributed by atoms with Crippen LogP contribution in [0.15, 0.2) is 42.5 Å². The van der Waals surface area contributed by atoms with E-state index in [2.05, 4.69) is 16.4 Å². The number of nitrogens with one attached hydrogen (secondary N) is 1. The Kier molecular flexibility index (Phi) is 5.33. The number of amides is 2. The molecule has 0 unspecified atom stereocenters. The van der Waals surface area contributed by atoms with Gasteiger partial charge in [0.05, 0.1) is 10.2 Å². The quantitative estimate of drug-likeness (QED) is 0.674. The lowest BCUT2D eigenvalue weighted by Gasteiger charge is -2.31. The number of piperidine rings is 1. The highest BCUT2D eigenvalue weighted by atomic mass is 35.5. The number of rotatable bonds is 3. The number of aromatic nitrogens is 1. The zero-order valence-electron chi connectivity index (χ0n) is 15.4. The van der Waals surface area contributed by atoms with E-state index >= 15 is 0 Å². The van der Waals surface area contributed by atoms with Gasteiger partial charge in [-0.05, 0) is 61.7 Å². The first-order valence-corrected chi connectivity index (χ1v) is 10.4. The van der Waals surface area contributed by atoms with E-state index in [0.29, 0.717) is 41.6 Å². The molecular formula is C21H20ClN3O2S. The van der Waals surface area contributed by atoms with Gasteiger partial charge in [0.2, 0.25) is 5.91 Å². The van der Waals surface area contributed by atoms with Crippen molar-refractivity contribution < 1.29 is 9.59 Å². The van der Waals surface area contributed by atoms with Crippen molar-refractivity contribution in [2.24, 2.45) is 5.92 Å². The number of halogens is 1. The molecule has 0 atom stereocenters. The van der Waals surface area contributed by atoms with Crippen molar-refractivity contribution in [2.75, 3.05) is 18.4 Å². The normalized spacial score (nSPS) is 15.0. The monoisotopic (exact) mass is 413 g/mol. The Morgan fingerprint density at radius 3 is 2.57 bits per heavy atom. The molecule has 1 aromatic heterocycles. The molecule has 7 heteroatoms. The number of carbonyl (C=O) groups is 2. The van der Waals surface area contributed by atoms with Gasteiger partial charge >= 0.3 is 0 Å². The average Bonchev–Trinajstić information content (AvgIpc) is 3.09. The predicted molar refractivity (Wildman–Crippen MR) is 113 cm³/mol. The second kappa shape index (κ2) is 7.89. The molecule has 1 saturated heterocycles. The second-order valence-corrected chi connectivity index (χ2v) is 8.52. The van der Waals surface area contributed by atoms with Crippen LogP contribution in [0.1, 0.15) is 28.8 Å². The molecule has 2 amide bonds. The van der Waals surface area contributed by atoms with Gasteiger partial charge in [0.25, 0.3) is 5.91 Å². The number of likely N-dealkylation sites (tertiary alicyclic amines) is 1. The first-order valence-electron chi connectivity index (χ1n) is 9.22. The van der Waals surface area contributed by atoms with Crippen LogP contribution in [0.3, 0.4) is 0 Å². The lowest BCUT2D eigenvalue weighted by atomic mass is 9.95. The summed E-state index contributed by atoms with van der Waals surface area (Å²) in [5, 5.41) is 4.19. The molecule has 1 fully saturated rings. The van der Waals surface area contributed by atoms with Crippen LogP contribution >= 0.6 is 22.9 Å². The minimum Gasteiger partial charge on any atom is -0.339 e. The Balaban J connectivity index is 1.35. The smallest absolute Gasteiger partial charge is 0.253 e.